The standard InChI is InChI=1S/C10H6N2OS/c11-5-7-1-3-8(4-2-7)9-6-13-10(14)12-9/h1-4,6H,(H,12,14). The molecular formula is C10H6N2OS. The zero-order valence-corrected chi connectivity index (χ0v) is 7.97. The van der Waals surface area contributed by atoms with Gasteiger partial charge in [0.25, 0.3) is 4.84 Å². The SMILES string of the molecule is N#Cc1ccc(-c2coc(=S)[nH]2)cc1. The normalized spacial score (nSPS) is 9.64. The van der Waals surface area contributed by atoms with Crippen molar-refractivity contribution in [3.8, 4) is 17.3 Å². The van der Waals surface area contributed by atoms with E-state index in [-0.39, 0.29) is 0 Å². The Morgan fingerprint density at radius 1 is 1.29 bits per heavy atom. The van der Waals surface area contributed by atoms with Crippen LogP contribution in [0.3, 0.4) is 0 Å². The van der Waals surface area contributed by atoms with E-state index < -0.39 is 0 Å². The van der Waals surface area contributed by atoms with Gasteiger partial charge in [-0.3, -0.25) is 0 Å². The van der Waals surface area contributed by atoms with Crippen LogP contribution in [-0.2, 0) is 0 Å². The van der Waals surface area contributed by atoms with Crippen LogP contribution in [-0.4, -0.2) is 4.98 Å². The number of nitriles is 1. The molecule has 68 valence electrons. The van der Waals surface area contributed by atoms with Gasteiger partial charge in [0.1, 0.15) is 6.26 Å². The molecule has 4 heteroatoms. The van der Waals surface area contributed by atoms with Crippen LogP contribution in [0.2, 0.25) is 0 Å². The molecule has 0 saturated carbocycles. The fraction of sp³-hybridized carbons (Fsp3) is 0. The van der Waals surface area contributed by atoms with Crippen LogP contribution < -0.4 is 0 Å². The van der Waals surface area contributed by atoms with Crippen molar-refractivity contribution in [2.75, 3.05) is 0 Å². The number of aromatic amines is 1. The Morgan fingerprint density at radius 2 is 2.00 bits per heavy atom. The van der Waals surface area contributed by atoms with Crippen LogP contribution in [0.1, 0.15) is 5.56 Å². The highest BCUT2D eigenvalue weighted by atomic mass is 32.1. The van der Waals surface area contributed by atoms with Crippen molar-refractivity contribution >= 4 is 12.2 Å². The van der Waals surface area contributed by atoms with Crippen molar-refractivity contribution in [1.29, 1.82) is 5.26 Å². The van der Waals surface area contributed by atoms with Crippen LogP contribution in [0.15, 0.2) is 34.9 Å². The number of hydrogen-bond donors (Lipinski definition) is 1. The van der Waals surface area contributed by atoms with Gasteiger partial charge in [-0.15, -0.1) is 0 Å². The molecule has 3 nitrogen and oxygen atoms in total. The van der Waals surface area contributed by atoms with Crippen LogP contribution in [0.25, 0.3) is 11.3 Å². The molecule has 1 N–H and O–H groups in total. The Hall–Kier alpha value is -1.86. The van der Waals surface area contributed by atoms with Gasteiger partial charge in [0, 0.05) is 5.56 Å². The van der Waals surface area contributed by atoms with E-state index in [1.54, 1.807) is 18.4 Å². The summed E-state index contributed by atoms with van der Waals surface area (Å²) in [5.41, 5.74) is 2.40. The second kappa shape index (κ2) is 3.48. The zero-order valence-electron chi connectivity index (χ0n) is 7.15. The van der Waals surface area contributed by atoms with E-state index in [1.165, 1.54) is 0 Å². The number of oxazole rings is 1. The lowest BCUT2D eigenvalue weighted by molar-refractivity contribution is 0.541. The topological polar surface area (TPSA) is 52.7 Å². The van der Waals surface area contributed by atoms with E-state index >= 15 is 0 Å². The predicted molar refractivity (Wildman–Crippen MR) is 54.0 cm³/mol. The number of nitrogens with zero attached hydrogens (tertiary/aromatic N) is 1. The van der Waals surface area contributed by atoms with Crippen molar-refractivity contribution in [3.05, 3.63) is 40.9 Å². The molecule has 0 atom stereocenters. The summed E-state index contributed by atoms with van der Waals surface area (Å²) < 4.78 is 4.97. The van der Waals surface area contributed by atoms with Crippen molar-refractivity contribution in [2.24, 2.45) is 0 Å². The first-order valence-corrected chi connectivity index (χ1v) is 4.39. The van der Waals surface area contributed by atoms with Gasteiger partial charge in [-0.25, -0.2) is 0 Å². The molecule has 1 aromatic heterocycles. The van der Waals surface area contributed by atoms with Crippen molar-refractivity contribution in [3.63, 3.8) is 0 Å². The average Bonchev–Trinajstić information content (AvgIpc) is 2.65. The van der Waals surface area contributed by atoms with Gasteiger partial charge >= 0.3 is 0 Å². The highest BCUT2D eigenvalue weighted by Crippen LogP contribution is 2.17. The Labute approximate surface area is 85.6 Å². The Bertz CT molecular complexity index is 530. The lowest BCUT2D eigenvalue weighted by Gasteiger charge is -1.94. The van der Waals surface area contributed by atoms with E-state index in [4.69, 9.17) is 21.9 Å². The molecule has 0 fully saturated rings. The smallest absolute Gasteiger partial charge is 0.266 e. The molecular weight excluding hydrogens is 196 g/mol. The van der Waals surface area contributed by atoms with Crippen LogP contribution in [0, 0.1) is 16.2 Å². The summed E-state index contributed by atoms with van der Waals surface area (Å²) in [7, 11) is 0. The van der Waals surface area contributed by atoms with Crippen molar-refractivity contribution in [1.82, 2.24) is 4.98 Å². The van der Waals surface area contributed by atoms with E-state index in [0.717, 1.165) is 11.3 Å². The molecule has 0 amide bonds. The maximum absolute atomic E-state index is 8.61. The second-order valence-electron chi connectivity index (χ2n) is 2.75. The first kappa shape index (κ1) is 8.73. The minimum atomic E-state index is 0.351. The number of nitrogens with one attached hydrogen (secondary N) is 1. The fourth-order valence-corrected chi connectivity index (χ4v) is 1.30. The number of aromatic nitrogens is 1. The predicted octanol–water partition coefficient (Wildman–Crippen LogP) is 2.88. The molecule has 0 spiro atoms. The van der Waals surface area contributed by atoms with Crippen molar-refractivity contribution in [2.45, 2.75) is 0 Å². The van der Waals surface area contributed by atoms with E-state index in [9.17, 15) is 0 Å². The first-order valence-electron chi connectivity index (χ1n) is 3.98. The van der Waals surface area contributed by atoms with Gasteiger partial charge in [-0.1, -0.05) is 12.1 Å². The average molecular weight is 202 g/mol. The summed E-state index contributed by atoms with van der Waals surface area (Å²) >= 11 is 4.81. The van der Waals surface area contributed by atoms with E-state index in [0.29, 0.717) is 10.4 Å². The summed E-state index contributed by atoms with van der Waals surface area (Å²) in [6, 6.07) is 9.24. The third-order valence-electron chi connectivity index (χ3n) is 1.85. The summed E-state index contributed by atoms with van der Waals surface area (Å²) in [6.45, 7) is 0. The van der Waals surface area contributed by atoms with Crippen LogP contribution in [0.4, 0.5) is 0 Å². The fourth-order valence-electron chi connectivity index (χ4n) is 1.15. The van der Waals surface area contributed by atoms with Gasteiger partial charge in [-0.2, -0.15) is 5.26 Å². The zero-order chi connectivity index (χ0) is 9.97. The molecule has 2 rings (SSSR count). The minimum absolute atomic E-state index is 0.351. The summed E-state index contributed by atoms with van der Waals surface area (Å²) in [4.78, 5) is 3.25. The molecule has 2 aromatic rings. The molecule has 1 heterocycles. The number of H-pyrrole nitrogens is 1. The number of hydrogen-bond acceptors (Lipinski definition) is 3. The highest BCUT2D eigenvalue weighted by Gasteiger charge is 1.99. The number of rotatable bonds is 1. The van der Waals surface area contributed by atoms with Crippen molar-refractivity contribution < 1.29 is 4.42 Å². The third kappa shape index (κ3) is 1.58. The molecule has 0 bridgehead atoms. The lowest BCUT2D eigenvalue weighted by atomic mass is 10.1. The van der Waals surface area contributed by atoms with E-state index in [1.807, 2.05) is 12.1 Å². The summed E-state index contributed by atoms with van der Waals surface area (Å²) in [6.07, 6.45) is 1.56. The molecule has 14 heavy (non-hydrogen) atoms. The third-order valence-corrected chi connectivity index (χ3v) is 2.04. The van der Waals surface area contributed by atoms with Crippen LogP contribution >= 0.6 is 12.2 Å². The van der Waals surface area contributed by atoms with Gasteiger partial charge in [0.15, 0.2) is 0 Å². The molecule has 1 aromatic carbocycles. The van der Waals surface area contributed by atoms with Gasteiger partial charge < -0.3 is 9.40 Å². The second-order valence-corrected chi connectivity index (χ2v) is 3.12. The molecule has 0 radical (unpaired) electrons. The van der Waals surface area contributed by atoms with Gasteiger partial charge in [-0.05, 0) is 24.4 Å². The van der Waals surface area contributed by atoms with Gasteiger partial charge in [0.05, 0.1) is 17.3 Å². The maximum Gasteiger partial charge on any atom is 0.266 e. The molecule has 0 aliphatic heterocycles. The quantitative estimate of drug-likeness (QED) is 0.723. The largest absolute Gasteiger partial charge is 0.437 e. The maximum atomic E-state index is 8.61. The summed E-state index contributed by atoms with van der Waals surface area (Å²) in [5, 5.41) is 8.61. The monoisotopic (exact) mass is 202 g/mol. The molecule has 0 saturated heterocycles. The molecule has 0 aliphatic carbocycles. The highest BCUT2D eigenvalue weighted by molar-refractivity contribution is 7.71. The van der Waals surface area contributed by atoms with Gasteiger partial charge in [0.2, 0.25) is 0 Å². The lowest BCUT2D eigenvalue weighted by Crippen LogP contribution is -1.78. The van der Waals surface area contributed by atoms with Crippen LogP contribution in [0.5, 0.6) is 0 Å². The minimum Gasteiger partial charge on any atom is -0.437 e. The van der Waals surface area contributed by atoms with E-state index in [2.05, 4.69) is 11.1 Å². The first-order chi connectivity index (χ1) is 6.79. The molecule has 0 aliphatic rings. The Kier molecular flexibility index (Phi) is 2.17. The Balaban J connectivity index is 2.44. The molecule has 0 unspecified atom stereocenters. The number of benzene rings is 1. The summed E-state index contributed by atoms with van der Waals surface area (Å²) in [5.74, 6) is 0. The Morgan fingerprint density at radius 3 is 2.50 bits per heavy atom.